The van der Waals surface area contributed by atoms with E-state index < -0.39 is 21.0 Å². The summed E-state index contributed by atoms with van der Waals surface area (Å²) < 4.78 is 32.8. The molecule has 3 rings (SSSR count). The maximum atomic E-state index is 12.6. The zero-order valence-corrected chi connectivity index (χ0v) is 15.1. The summed E-state index contributed by atoms with van der Waals surface area (Å²) in [4.78, 5) is 12.5. The van der Waals surface area contributed by atoms with Gasteiger partial charge in [0.25, 0.3) is 0 Å². The summed E-state index contributed by atoms with van der Waals surface area (Å²) in [6, 6.07) is 3.23. The smallest absolute Gasteiger partial charge is 0.212 e. The number of nitrogens with one attached hydrogen (secondary N) is 1. The molecule has 0 spiro atoms. The minimum absolute atomic E-state index is 0.0620. The molecule has 2 saturated carbocycles. The average molecular weight is 355 g/mol. The quantitative estimate of drug-likeness (QED) is 0.811. The lowest BCUT2D eigenvalue weighted by Crippen LogP contribution is -2.47. The molecule has 0 saturated heterocycles. The largest absolute Gasteiger partial charge is 0.466 e. The summed E-state index contributed by atoms with van der Waals surface area (Å²) in [6.07, 6.45) is 3.43. The normalized spacial score (nSPS) is 31.3. The molecule has 1 heterocycles. The molecule has 2 bridgehead atoms. The van der Waals surface area contributed by atoms with Gasteiger partial charge in [0.1, 0.15) is 17.1 Å². The summed E-state index contributed by atoms with van der Waals surface area (Å²) >= 11 is 0. The van der Waals surface area contributed by atoms with E-state index in [1.165, 1.54) is 13.2 Å². The molecule has 24 heavy (non-hydrogen) atoms. The molecular weight excluding hydrogens is 330 g/mol. The van der Waals surface area contributed by atoms with E-state index in [0.29, 0.717) is 18.6 Å². The Bertz CT molecular complexity index is 735. The van der Waals surface area contributed by atoms with Crippen LogP contribution >= 0.6 is 0 Å². The van der Waals surface area contributed by atoms with E-state index in [4.69, 9.17) is 4.42 Å². The van der Waals surface area contributed by atoms with Gasteiger partial charge < -0.3 is 9.52 Å². The second-order valence-corrected chi connectivity index (χ2v) is 9.80. The van der Waals surface area contributed by atoms with Gasteiger partial charge in [0, 0.05) is 18.4 Å². The Morgan fingerprint density at radius 1 is 1.46 bits per heavy atom. The van der Waals surface area contributed by atoms with Gasteiger partial charge in [-0.2, -0.15) is 0 Å². The lowest BCUT2D eigenvalue weighted by Gasteiger charge is -2.36. The van der Waals surface area contributed by atoms with E-state index in [1.54, 1.807) is 12.1 Å². The van der Waals surface area contributed by atoms with Crippen LogP contribution < -0.4 is 4.72 Å². The SMILES string of the molecule is CC(O)(CNS(=O)(=O)CC12CCC(CC1=O)C2(C)C)c1ccco1. The lowest BCUT2D eigenvalue weighted by atomic mass is 9.70. The Kier molecular flexibility index (Phi) is 3.97. The fourth-order valence-electron chi connectivity index (χ4n) is 4.41. The first-order chi connectivity index (χ1) is 11.0. The molecular formula is C17H25NO5S. The van der Waals surface area contributed by atoms with Crippen LogP contribution in [-0.4, -0.2) is 31.6 Å². The van der Waals surface area contributed by atoms with E-state index in [-0.39, 0.29) is 29.4 Å². The first-order valence-electron chi connectivity index (χ1n) is 8.27. The number of fused-ring (bicyclic) bond motifs is 2. The van der Waals surface area contributed by atoms with Crippen molar-refractivity contribution in [3.05, 3.63) is 24.2 Å². The third-order valence-electron chi connectivity index (χ3n) is 6.26. The Hall–Kier alpha value is -1.18. The van der Waals surface area contributed by atoms with Crippen LogP contribution in [0.15, 0.2) is 22.8 Å². The molecule has 1 aromatic heterocycles. The first kappa shape index (κ1) is 17.6. The summed E-state index contributed by atoms with van der Waals surface area (Å²) in [5.74, 6) is 0.413. The number of ketones is 1. The van der Waals surface area contributed by atoms with Crippen molar-refractivity contribution >= 4 is 15.8 Å². The van der Waals surface area contributed by atoms with Crippen molar-refractivity contribution in [2.24, 2.45) is 16.7 Å². The van der Waals surface area contributed by atoms with Crippen molar-refractivity contribution in [1.29, 1.82) is 0 Å². The van der Waals surface area contributed by atoms with Gasteiger partial charge >= 0.3 is 0 Å². The molecule has 7 heteroatoms. The van der Waals surface area contributed by atoms with Crippen molar-refractivity contribution in [2.75, 3.05) is 12.3 Å². The van der Waals surface area contributed by atoms with Gasteiger partial charge in [0.15, 0.2) is 0 Å². The van der Waals surface area contributed by atoms with Crippen LogP contribution in [0.1, 0.15) is 45.8 Å². The Labute approximate surface area is 142 Å². The maximum Gasteiger partial charge on any atom is 0.212 e. The predicted octanol–water partition coefficient (Wildman–Crippen LogP) is 1.80. The highest BCUT2D eigenvalue weighted by Crippen LogP contribution is 2.64. The number of rotatable bonds is 6. The second-order valence-electron chi connectivity index (χ2n) is 8.00. The molecule has 2 fully saturated rings. The van der Waals surface area contributed by atoms with E-state index in [0.717, 1.165) is 6.42 Å². The first-order valence-corrected chi connectivity index (χ1v) is 9.92. The summed E-state index contributed by atoms with van der Waals surface area (Å²) in [5.41, 5.74) is -2.55. The van der Waals surface area contributed by atoms with Gasteiger partial charge in [0.05, 0.1) is 12.0 Å². The molecule has 1 aromatic rings. The third kappa shape index (κ3) is 2.62. The van der Waals surface area contributed by atoms with Crippen molar-refractivity contribution in [3.8, 4) is 0 Å². The number of carbonyl (C=O) groups excluding carboxylic acids is 1. The minimum Gasteiger partial charge on any atom is -0.466 e. The van der Waals surface area contributed by atoms with Gasteiger partial charge in [0.2, 0.25) is 10.0 Å². The maximum absolute atomic E-state index is 12.6. The van der Waals surface area contributed by atoms with Gasteiger partial charge in [-0.25, -0.2) is 13.1 Å². The molecule has 0 radical (unpaired) electrons. The fourth-order valence-corrected chi connectivity index (χ4v) is 6.34. The average Bonchev–Trinajstić information content (AvgIpc) is 3.12. The van der Waals surface area contributed by atoms with Crippen molar-refractivity contribution in [3.63, 3.8) is 0 Å². The molecule has 6 nitrogen and oxygen atoms in total. The zero-order valence-electron chi connectivity index (χ0n) is 14.3. The molecule has 3 atom stereocenters. The molecule has 2 N–H and O–H groups in total. The molecule has 2 aliphatic carbocycles. The molecule has 0 aromatic carbocycles. The lowest BCUT2D eigenvalue weighted by molar-refractivity contribution is -0.128. The Morgan fingerprint density at radius 3 is 2.67 bits per heavy atom. The molecule has 0 aliphatic heterocycles. The van der Waals surface area contributed by atoms with Gasteiger partial charge in [-0.1, -0.05) is 13.8 Å². The number of carbonyl (C=O) groups is 1. The second kappa shape index (κ2) is 5.41. The van der Waals surface area contributed by atoms with E-state index in [1.807, 2.05) is 13.8 Å². The molecule has 134 valence electrons. The standard InChI is InChI=1S/C17H25NO5S/c1-15(2)12-6-7-17(15,13(19)9-12)11-24(21,22)18-10-16(3,20)14-5-4-8-23-14/h4-5,8,12,18,20H,6-7,9-11H2,1-3H3. The van der Waals surface area contributed by atoms with Crippen molar-refractivity contribution < 1.29 is 22.7 Å². The van der Waals surface area contributed by atoms with Crippen LogP contribution in [0.2, 0.25) is 0 Å². The minimum atomic E-state index is -3.71. The molecule has 3 unspecified atom stereocenters. The monoisotopic (exact) mass is 355 g/mol. The number of sulfonamides is 1. The van der Waals surface area contributed by atoms with Crippen LogP contribution in [0.5, 0.6) is 0 Å². The number of hydrogen-bond acceptors (Lipinski definition) is 5. The summed E-state index contributed by atoms with van der Waals surface area (Å²) in [6.45, 7) is 5.30. The van der Waals surface area contributed by atoms with Crippen molar-refractivity contribution in [2.45, 2.75) is 45.6 Å². The van der Waals surface area contributed by atoms with Gasteiger partial charge in [-0.15, -0.1) is 0 Å². The van der Waals surface area contributed by atoms with Crippen LogP contribution in [-0.2, 0) is 20.4 Å². The zero-order chi connectivity index (χ0) is 17.8. The number of furan rings is 1. The van der Waals surface area contributed by atoms with E-state index in [2.05, 4.69) is 4.72 Å². The van der Waals surface area contributed by atoms with Gasteiger partial charge in [-0.3, -0.25) is 4.79 Å². The molecule has 2 aliphatic rings. The summed E-state index contributed by atoms with van der Waals surface area (Å²) in [5, 5.41) is 10.4. The number of aliphatic hydroxyl groups is 1. The highest BCUT2D eigenvalue weighted by Gasteiger charge is 2.65. The number of hydrogen-bond donors (Lipinski definition) is 2. The molecule has 0 amide bonds. The number of Topliss-reactive ketones (excluding diaryl/α,β-unsaturated/α-hetero) is 1. The van der Waals surface area contributed by atoms with Crippen LogP contribution in [0.3, 0.4) is 0 Å². The van der Waals surface area contributed by atoms with Gasteiger partial charge in [-0.05, 0) is 43.2 Å². The van der Waals surface area contributed by atoms with Crippen LogP contribution in [0.25, 0.3) is 0 Å². The van der Waals surface area contributed by atoms with E-state index in [9.17, 15) is 18.3 Å². The predicted molar refractivity (Wildman–Crippen MR) is 88.6 cm³/mol. The topological polar surface area (TPSA) is 96.6 Å². The summed E-state index contributed by atoms with van der Waals surface area (Å²) in [7, 11) is -3.71. The van der Waals surface area contributed by atoms with Crippen molar-refractivity contribution in [1.82, 2.24) is 4.72 Å². The highest BCUT2D eigenvalue weighted by molar-refractivity contribution is 7.89. The Balaban J connectivity index is 1.74. The third-order valence-corrected chi connectivity index (χ3v) is 7.72. The van der Waals surface area contributed by atoms with Crippen LogP contribution in [0.4, 0.5) is 0 Å². The van der Waals surface area contributed by atoms with E-state index >= 15 is 0 Å². The Morgan fingerprint density at radius 2 is 2.17 bits per heavy atom. The fraction of sp³-hybridized carbons (Fsp3) is 0.706. The van der Waals surface area contributed by atoms with Crippen LogP contribution in [0, 0.1) is 16.7 Å². The highest BCUT2D eigenvalue weighted by atomic mass is 32.2.